The van der Waals surface area contributed by atoms with Gasteiger partial charge in [0, 0.05) is 48.9 Å². The van der Waals surface area contributed by atoms with E-state index in [4.69, 9.17) is 20.3 Å². The van der Waals surface area contributed by atoms with Gasteiger partial charge in [-0.3, -0.25) is 29.4 Å². The van der Waals surface area contributed by atoms with E-state index in [9.17, 15) is 40.3 Å². The van der Waals surface area contributed by atoms with E-state index in [0.29, 0.717) is 22.2 Å². The quantitative estimate of drug-likeness (QED) is 0.0629. The third kappa shape index (κ3) is 10.9. The first kappa shape index (κ1) is 47.8. The lowest BCUT2D eigenvalue weighted by atomic mass is 10.0. The van der Waals surface area contributed by atoms with Gasteiger partial charge in [0.1, 0.15) is 11.6 Å². The Morgan fingerprint density at radius 3 is 1.92 bits per heavy atom. The standard InChI is InChI=1S/C22H22FN3O5S.C20H20FN3O6S/c1-22(21(28)25-29,32(2,30)31)9-10-26-13-18-11-15(5-8-20(18)24-26)3-6-17-7-4-16(14-27)12-19(17)23;1-19(18(25)23-27,31(2,28)29)9-10-24-11-15-16(22-24)7-6-14(17(15)21)5-3-4-8-20(26)12-30-13-20/h4-5,7-8,11-13,27,29H,9-10,14H2,1-2H3,(H,25,28);6-7,11,26-27H,9-10,12-13H2,1-2H3,(H,23,25)/t22-;19-/m11/s1. The van der Waals surface area contributed by atoms with E-state index >= 15 is 0 Å². The average Bonchev–Trinajstić information content (AvgIpc) is 3.85. The van der Waals surface area contributed by atoms with E-state index in [-0.39, 0.29) is 62.3 Å². The molecule has 3 heterocycles. The summed E-state index contributed by atoms with van der Waals surface area (Å²) in [4.78, 5) is 23.8. The molecule has 63 heavy (non-hydrogen) atoms. The Morgan fingerprint density at radius 1 is 0.810 bits per heavy atom. The highest BCUT2D eigenvalue weighted by Crippen LogP contribution is 2.26. The maximum atomic E-state index is 14.8. The van der Waals surface area contributed by atoms with Gasteiger partial charge in [0.15, 0.2) is 34.8 Å². The van der Waals surface area contributed by atoms with E-state index in [1.54, 1.807) is 36.5 Å². The lowest BCUT2D eigenvalue weighted by molar-refractivity contribution is -0.140. The van der Waals surface area contributed by atoms with Crippen LogP contribution in [0.1, 0.15) is 48.9 Å². The van der Waals surface area contributed by atoms with Crippen molar-refractivity contribution in [3.63, 3.8) is 0 Å². The molecule has 1 fully saturated rings. The number of aliphatic hydroxyl groups excluding tert-OH is 1. The van der Waals surface area contributed by atoms with Crippen LogP contribution in [-0.4, -0.2) is 110 Å². The van der Waals surface area contributed by atoms with Gasteiger partial charge in [0.05, 0.1) is 47.4 Å². The average molecular weight is 909 g/mol. The highest BCUT2D eigenvalue weighted by atomic mass is 32.2. The molecule has 6 N–H and O–H groups in total. The lowest BCUT2D eigenvalue weighted by Crippen LogP contribution is -2.49. The van der Waals surface area contributed by atoms with Crippen LogP contribution in [0.4, 0.5) is 8.78 Å². The summed E-state index contributed by atoms with van der Waals surface area (Å²) in [6.07, 6.45) is 4.62. The second kappa shape index (κ2) is 19.0. The maximum absolute atomic E-state index is 14.8. The molecule has 2 amide bonds. The highest BCUT2D eigenvalue weighted by Gasteiger charge is 2.44. The smallest absolute Gasteiger partial charge is 0.264 e. The molecule has 2 aromatic heterocycles. The van der Waals surface area contributed by atoms with Gasteiger partial charge < -0.3 is 14.9 Å². The number of rotatable bonds is 11. The molecule has 0 saturated carbocycles. The summed E-state index contributed by atoms with van der Waals surface area (Å²) >= 11 is 0. The molecule has 0 bridgehead atoms. The Morgan fingerprint density at radius 2 is 1.38 bits per heavy atom. The zero-order valence-electron chi connectivity index (χ0n) is 34.2. The molecule has 3 aromatic carbocycles. The van der Waals surface area contributed by atoms with Gasteiger partial charge in [0.25, 0.3) is 11.8 Å². The van der Waals surface area contributed by atoms with Gasteiger partial charge >= 0.3 is 0 Å². The highest BCUT2D eigenvalue weighted by molar-refractivity contribution is 7.93. The van der Waals surface area contributed by atoms with Crippen molar-refractivity contribution in [3.05, 3.63) is 94.8 Å². The van der Waals surface area contributed by atoms with Gasteiger partial charge in [-0.1, -0.05) is 17.9 Å². The number of hydroxylamine groups is 2. The van der Waals surface area contributed by atoms with Crippen LogP contribution in [0.15, 0.2) is 60.9 Å². The molecule has 1 aliphatic rings. The zero-order chi connectivity index (χ0) is 46.4. The molecule has 0 spiro atoms. The molecule has 332 valence electrons. The first-order chi connectivity index (χ1) is 29.6. The van der Waals surface area contributed by atoms with Crippen LogP contribution in [0, 0.1) is 47.2 Å². The zero-order valence-corrected chi connectivity index (χ0v) is 35.9. The van der Waals surface area contributed by atoms with Crippen molar-refractivity contribution < 1.29 is 60.6 Å². The Balaban J connectivity index is 0.000000238. The first-order valence-electron chi connectivity index (χ1n) is 18.7. The second-order valence-corrected chi connectivity index (χ2v) is 19.9. The van der Waals surface area contributed by atoms with E-state index in [1.807, 2.05) is 0 Å². The largest absolute Gasteiger partial charge is 0.392 e. The number of halogens is 2. The summed E-state index contributed by atoms with van der Waals surface area (Å²) in [6, 6.07) is 12.6. The van der Waals surface area contributed by atoms with E-state index in [1.165, 1.54) is 58.6 Å². The molecular formula is C42H42F2N6O11S2. The minimum Gasteiger partial charge on any atom is -0.392 e. The summed E-state index contributed by atoms with van der Waals surface area (Å²) in [5, 5.41) is 46.1. The van der Waals surface area contributed by atoms with Crippen LogP contribution >= 0.6 is 0 Å². The molecule has 21 heteroatoms. The summed E-state index contributed by atoms with van der Waals surface area (Å²) in [5.41, 5.74) is 3.94. The van der Waals surface area contributed by atoms with E-state index in [2.05, 4.69) is 45.7 Å². The van der Waals surface area contributed by atoms with Gasteiger partial charge in [-0.05, 0) is 98.4 Å². The fourth-order valence-electron chi connectivity index (χ4n) is 5.93. The monoisotopic (exact) mass is 908 g/mol. The predicted octanol–water partition coefficient (Wildman–Crippen LogP) is 1.76. The number of benzene rings is 3. The number of amides is 2. The number of hydrogen-bond donors (Lipinski definition) is 6. The maximum Gasteiger partial charge on any atom is 0.264 e. The van der Waals surface area contributed by atoms with E-state index in [0.717, 1.165) is 17.9 Å². The molecule has 1 aliphatic heterocycles. The number of fused-ring (bicyclic) bond motifs is 2. The number of aliphatic hydroxyl groups is 2. The number of ether oxygens (including phenoxy) is 1. The third-order valence-electron chi connectivity index (χ3n) is 10.5. The summed E-state index contributed by atoms with van der Waals surface area (Å²) < 4.78 is 81.1. The molecule has 17 nitrogen and oxygen atoms in total. The molecular weight excluding hydrogens is 867 g/mol. The number of hydrogen-bond acceptors (Lipinski definition) is 13. The minimum atomic E-state index is -3.86. The Labute approximate surface area is 360 Å². The number of carbonyl (C=O) groups is 2. The van der Waals surface area contributed by atoms with Crippen molar-refractivity contribution >= 4 is 53.3 Å². The minimum absolute atomic E-state index is 0.0156. The topological polar surface area (TPSA) is 252 Å². The fourth-order valence-corrected chi connectivity index (χ4v) is 7.62. The molecule has 2 atom stereocenters. The van der Waals surface area contributed by atoms with Crippen LogP contribution in [0.25, 0.3) is 21.8 Å². The fraction of sp³-hybridized carbons (Fsp3) is 0.333. The number of aryl methyl sites for hydroxylation is 2. The van der Waals surface area contributed by atoms with Gasteiger partial charge in [-0.15, -0.1) is 0 Å². The van der Waals surface area contributed by atoms with Crippen LogP contribution in [-0.2, 0) is 53.7 Å². The summed E-state index contributed by atoms with van der Waals surface area (Å²) in [5.74, 6) is 12.6. The molecule has 1 saturated heterocycles. The Bertz CT molecular complexity index is 3010. The SMILES string of the molecule is C[C@@](CCn1cc2c(F)c(C#CC#CC3(O)COC3)ccc2n1)(C(=O)NO)S(C)(=O)=O.C[C@@](CCn1cc2cc(C#Cc3ccc(CO)cc3F)ccc2n1)(C(=O)NO)S(C)(=O)=O. The Kier molecular flexibility index (Phi) is 14.4. The van der Waals surface area contributed by atoms with Crippen molar-refractivity contribution in [2.75, 3.05) is 25.7 Å². The van der Waals surface area contributed by atoms with Crippen molar-refractivity contribution in [2.45, 2.75) is 61.5 Å². The van der Waals surface area contributed by atoms with Gasteiger partial charge in [-0.2, -0.15) is 10.2 Å². The third-order valence-corrected chi connectivity index (χ3v) is 14.5. The number of nitrogens with one attached hydrogen (secondary N) is 2. The van der Waals surface area contributed by atoms with Crippen molar-refractivity contribution in [2.24, 2.45) is 0 Å². The molecule has 5 aromatic rings. The lowest BCUT2D eigenvalue weighted by Gasteiger charge is -2.30. The molecule has 0 radical (unpaired) electrons. The van der Waals surface area contributed by atoms with Crippen LogP contribution in [0.3, 0.4) is 0 Å². The number of carbonyl (C=O) groups excluding carboxylic acids is 2. The second-order valence-electron chi connectivity index (χ2n) is 15.1. The molecule has 6 rings (SSSR count). The van der Waals surface area contributed by atoms with Crippen molar-refractivity contribution in [3.8, 4) is 35.5 Å². The van der Waals surface area contributed by atoms with Crippen LogP contribution in [0.2, 0.25) is 0 Å². The van der Waals surface area contributed by atoms with Crippen molar-refractivity contribution in [1.29, 1.82) is 0 Å². The Hall–Kier alpha value is -6.22. The van der Waals surface area contributed by atoms with Gasteiger partial charge in [0.2, 0.25) is 0 Å². The van der Waals surface area contributed by atoms with Crippen LogP contribution in [0.5, 0.6) is 0 Å². The van der Waals surface area contributed by atoms with Crippen LogP contribution < -0.4 is 11.0 Å². The predicted molar refractivity (Wildman–Crippen MR) is 224 cm³/mol. The molecule has 0 aliphatic carbocycles. The number of nitrogens with zero attached hydrogens (tertiary/aromatic N) is 4. The number of aromatic nitrogens is 4. The summed E-state index contributed by atoms with van der Waals surface area (Å²) in [6.45, 7) is 2.52. The van der Waals surface area contributed by atoms with Crippen molar-refractivity contribution in [1.82, 2.24) is 30.5 Å². The van der Waals surface area contributed by atoms with E-state index < -0.39 is 58.2 Å². The van der Waals surface area contributed by atoms with Gasteiger partial charge in [-0.25, -0.2) is 36.6 Å². The normalized spacial score (nSPS) is 15.0. The molecule has 0 unspecified atom stereocenters. The first-order valence-corrected chi connectivity index (χ1v) is 22.5. The number of sulfone groups is 2. The summed E-state index contributed by atoms with van der Waals surface area (Å²) in [7, 11) is -7.66.